The van der Waals surface area contributed by atoms with Crippen molar-refractivity contribution < 1.29 is 8.42 Å². The maximum atomic E-state index is 12.2. The highest BCUT2D eigenvalue weighted by molar-refractivity contribution is 7.90. The molecule has 4 rings (SSSR count). The summed E-state index contributed by atoms with van der Waals surface area (Å²) in [5.41, 5.74) is 2.83. The summed E-state index contributed by atoms with van der Waals surface area (Å²) in [4.78, 5) is 24.1. The minimum atomic E-state index is -3.56. The summed E-state index contributed by atoms with van der Waals surface area (Å²) < 4.78 is 23.4. The number of hydrogen-bond acceptors (Lipinski definition) is 5. The number of halogens is 1. The molecule has 0 fully saturated rings. The number of sulfone groups is 1. The van der Waals surface area contributed by atoms with E-state index in [9.17, 15) is 13.2 Å². The molecule has 0 amide bonds. The summed E-state index contributed by atoms with van der Waals surface area (Å²) in [7, 11) is -3.56. The van der Waals surface area contributed by atoms with Crippen molar-refractivity contribution >= 4 is 32.3 Å². The first-order valence-corrected chi connectivity index (χ1v) is 10.4. The van der Waals surface area contributed by atoms with Gasteiger partial charge in [0.15, 0.2) is 0 Å². The third kappa shape index (κ3) is 3.15. The molecule has 3 aromatic rings. The van der Waals surface area contributed by atoms with Gasteiger partial charge in [0.25, 0.3) is 5.56 Å². The summed E-state index contributed by atoms with van der Waals surface area (Å²) >= 11 is 6.10. The number of aromatic nitrogens is 3. The number of nitrogens with one attached hydrogen (secondary N) is 2. The Balaban J connectivity index is 1.65. The van der Waals surface area contributed by atoms with Gasteiger partial charge >= 0.3 is 0 Å². The van der Waals surface area contributed by atoms with Gasteiger partial charge < -0.3 is 4.98 Å². The van der Waals surface area contributed by atoms with Gasteiger partial charge in [-0.3, -0.25) is 14.7 Å². The number of rotatable bonds is 3. The van der Waals surface area contributed by atoms with Gasteiger partial charge in [-0.1, -0.05) is 11.6 Å². The van der Waals surface area contributed by atoms with Crippen LogP contribution in [0.4, 0.5) is 0 Å². The van der Waals surface area contributed by atoms with Crippen molar-refractivity contribution in [2.75, 3.05) is 12.8 Å². The second-order valence-electron chi connectivity index (χ2n) is 6.53. The molecule has 0 saturated heterocycles. The van der Waals surface area contributed by atoms with Crippen LogP contribution in [0.25, 0.3) is 10.9 Å². The molecule has 26 heavy (non-hydrogen) atoms. The van der Waals surface area contributed by atoms with Crippen molar-refractivity contribution in [3.8, 4) is 0 Å². The Hall–Kier alpha value is -2.16. The van der Waals surface area contributed by atoms with E-state index in [2.05, 4.69) is 19.9 Å². The van der Waals surface area contributed by atoms with Crippen molar-refractivity contribution in [1.29, 1.82) is 0 Å². The molecule has 2 aromatic heterocycles. The molecular weight excluding hydrogens is 376 g/mol. The van der Waals surface area contributed by atoms with Crippen LogP contribution >= 0.6 is 11.6 Å². The Morgan fingerprint density at radius 3 is 2.92 bits per heavy atom. The van der Waals surface area contributed by atoms with Crippen LogP contribution in [0.3, 0.4) is 0 Å². The van der Waals surface area contributed by atoms with E-state index < -0.39 is 9.84 Å². The topological polar surface area (TPSA) is 98.9 Å². The van der Waals surface area contributed by atoms with E-state index in [0.29, 0.717) is 42.3 Å². The Morgan fingerprint density at radius 1 is 1.35 bits per heavy atom. The van der Waals surface area contributed by atoms with Crippen molar-refractivity contribution in [3.63, 3.8) is 0 Å². The molecule has 1 aliphatic heterocycles. The zero-order chi connectivity index (χ0) is 18.5. The second kappa shape index (κ2) is 6.22. The summed E-state index contributed by atoms with van der Waals surface area (Å²) in [6.45, 7) is 1.78. The molecule has 0 aliphatic carbocycles. The van der Waals surface area contributed by atoms with E-state index in [1.165, 1.54) is 0 Å². The maximum absolute atomic E-state index is 12.2. The van der Waals surface area contributed by atoms with E-state index in [4.69, 9.17) is 11.6 Å². The molecule has 0 atom stereocenters. The molecule has 7 nitrogen and oxygen atoms in total. The molecule has 136 valence electrons. The summed E-state index contributed by atoms with van der Waals surface area (Å²) in [5, 5.41) is 1.45. The van der Waals surface area contributed by atoms with E-state index in [1.54, 1.807) is 0 Å². The Kier molecular flexibility index (Phi) is 4.13. The molecule has 0 spiro atoms. The first-order chi connectivity index (χ1) is 12.3. The Labute approximate surface area is 154 Å². The molecule has 1 aromatic carbocycles. The lowest BCUT2D eigenvalue weighted by Crippen LogP contribution is -2.35. The largest absolute Gasteiger partial charge is 0.361 e. The Morgan fingerprint density at radius 2 is 2.15 bits per heavy atom. The van der Waals surface area contributed by atoms with Gasteiger partial charge in [0.1, 0.15) is 0 Å². The average molecular weight is 393 g/mol. The van der Waals surface area contributed by atoms with Crippen molar-refractivity contribution in [1.82, 2.24) is 19.9 Å². The number of H-pyrrole nitrogens is 2. The SMILES string of the molecule is CS(=O)(=O)c1nc2c(c(=O)[nH]1)CCN(Cc1c[nH]c3ccc(Cl)cc13)C2. The van der Waals surface area contributed by atoms with E-state index in [0.717, 1.165) is 22.7 Å². The molecule has 0 bridgehead atoms. The van der Waals surface area contributed by atoms with Gasteiger partial charge in [0.05, 0.1) is 5.69 Å². The molecule has 0 unspecified atom stereocenters. The third-order valence-electron chi connectivity index (χ3n) is 4.61. The second-order valence-corrected chi connectivity index (χ2v) is 8.90. The monoisotopic (exact) mass is 392 g/mol. The van der Waals surface area contributed by atoms with Crippen LogP contribution in [0.5, 0.6) is 0 Å². The summed E-state index contributed by atoms with van der Waals surface area (Å²) in [6, 6.07) is 5.70. The number of nitrogens with zero attached hydrogens (tertiary/aromatic N) is 2. The fourth-order valence-electron chi connectivity index (χ4n) is 3.30. The van der Waals surface area contributed by atoms with Gasteiger partial charge in [-0.2, -0.15) is 0 Å². The lowest BCUT2D eigenvalue weighted by molar-refractivity contribution is 0.240. The van der Waals surface area contributed by atoms with Crippen LogP contribution < -0.4 is 5.56 Å². The van der Waals surface area contributed by atoms with Gasteiger partial charge in [0, 0.05) is 53.6 Å². The molecule has 9 heteroatoms. The van der Waals surface area contributed by atoms with Crippen LogP contribution in [0.15, 0.2) is 34.3 Å². The highest BCUT2D eigenvalue weighted by Crippen LogP contribution is 2.25. The number of fused-ring (bicyclic) bond motifs is 2. The first-order valence-electron chi connectivity index (χ1n) is 8.11. The van der Waals surface area contributed by atoms with Gasteiger partial charge in [-0.25, -0.2) is 13.4 Å². The zero-order valence-corrected chi connectivity index (χ0v) is 15.6. The zero-order valence-electron chi connectivity index (χ0n) is 14.0. The molecule has 3 heterocycles. The third-order valence-corrected chi connectivity index (χ3v) is 5.74. The van der Waals surface area contributed by atoms with Crippen LogP contribution in [0.2, 0.25) is 5.02 Å². The van der Waals surface area contributed by atoms with Gasteiger partial charge in [0.2, 0.25) is 15.0 Å². The summed E-state index contributed by atoms with van der Waals surface area (Å²) in [6.07, 6.45) is 3.52. The van der Waals surface area contributed by atoms with Crippen molar-refractivity contribution in [2.24, 2.45) is 0 Å². The minimum Gasteiger partial charge on any atom is -0.361 e. The molecule has 1 aliphatic rings. The van der Waals surface area contributed by atoms with Crippen LogP contribution in [0, 0.1) is 0 Å². The minimum absolute atomic E-state index is 0.276. The highest BCUT2D eigenvalue weighted by Gasteiger charge is 2.24. The lowest BCUT2D eigenvalue weighted by Gasteiger charge is -2.27. The van der Waals surface area contributed by atoms with Crippen LogP contribution in [-0.4, -0.2) is 41.1 Å². The van der Waals surface area contributed by atoms with Crippen LogP contribution in [-0.2, 0) is 29.3 Å². The van der Waals surface area contributed by atoms with E-state index in [1.807, 2.05) is 24.4 Å². The highest BCUT2D eigenvalue weighted by atomic mass is 35.5. The average Bonchev–Trinajstić information content (AvgIpc) is 2.96. The Bertz CT molecular complexity index is 1170. The number of aromatic amines is 2. The van der Waals surface area contributed by atoms with Crippen molar-refractivity contribution in [3.05, 3.63) is 56.6 Å². The molecular formula is C17H17ClN4O3S. The van der Waals surface area contributed by atoms with Crippen LogP contribution in [0.1, 0.15) is 16.8 Å². The normalized spacial score (nSPS) is 15.3. The number of benzene rings is 1. The molecule has 0 radical (unpaired) electrons. The van der Waals surface area contributed by atoms with Gasteiger partial charge in [-0.05, 0) is 30.2 Å². The molecule has 2 N–H and O–H groups in total. The van der Waals surface area contributed by atoms with Crippen molar-refractivity contribution in [2.45, 2.75) is 24.7 Å². The van der Waals surface area contributed by atoms with E-state index in [-0.39, 0.29) is 10.7 Å². The number of hydrogen-bond donors (Lipinski definition) is 2. The first kappa shape index (κ1) is 17.3. The fourth-order valence-corrected chi connectivity index (χ4v) is 4.03. The standard InChI is InChI=1S/C17H17ClN4O3S/c1-26(24,25)17-20-15-9-22(5-4-12(15)16(23)21-17)8-10-7-19-14-3-2-11(18)6-13(10)14/h2-3,6-7,19H,4-5,8-9H2,1H3,(H,20,21,23). The van der Waals surface area contributed by atoms with Gasteiger partial charge in [-0.15, -0.1) is 0 Å². The lowest BCUT2D eigenvalue weighted by atomic mass is 10.1. The summed E-state index contributed by atoms with van der Waals surface area (Å²) in [5.74, 6) is 0. The maximum Gasteiger partial charge on any atom is 0.255 e. The quantitative estimate of drug-likeness (QED) is 0.663. The smallest absolute Gasteiger partial charge is 0.255 e. The fraction of sp³-hybridized carbons (Fsp3) is 0.294. The predicted octanol–water partition coefficient (Wildman–Crippen LogP) is 1.87. The predicted molar refractivity (Wildman–Crippen MR) is 99.1 cm³/mol. The molecule has 0 saturated carbocycles. The van der Waals surface area contributed by atoms with E-state index >= 15 is 0 Å².